The van der Waals surface area contributed by atoms with Gasteiger partial charge in [0.25, 0.3) is 0 Å². The van der Waals surface area contributed by atoms with Gasteiger partial charge in [-0.3, -0.25) is 10.00 Å². The highest BCUT2D eigenvalue weighted by atomic mass is 19.1. The van der Waals surface area contributed by atoms with Crippen LogP contribution in [0.5, 0.6) is 5.75 Å². The topological polar surface area (TPSA) is 50.4 Å². The Bertz CT molecular complexity index is 684. The number of ether oxygens (including phenoxy) is 2. The molecule has 5 nitrogen and oxygen atoms in total. The number of nitrogens with one attached hydrogen (secondary N) is 1. The van der Waals surface area contributed by atoms with Crippen LogP contribution in [0.15, 0.2) is 24.3 Å². The standard InChI is InChI=1S/C18H24FN3O2/c1-13-17(14(2)21-20-13)10-22-8-7-18(11-22,23-3)12-24-16-6-4-5-15(19)9-16/h4-6,9H,7-8,10-12H2,1-3H3,(H,20,21)/t18-/m0/s1. The Balaban J connectivity index is 1.62. The molecule has 1 N–H and O–H groups in total. The Morgan fingerprint density at radius 3 is 2.88 bits per heavy atom. The molecule has 0 saturated carbocycles. The largest absolute Gasteiger partial charge is 0.490 e. The first-order valence-corrected chi connectivity index (χ1v) is 8.18. The fourth-order valence-electron chi connectivity index (χ4n) is 3.21. The summed E-state index contributed by atoms with van der Waals surface area (Å²) >= 11 is 0. The average Bonchev–Trinajstić information content (AvgIpc) is 3.12. The van der Waals surface area contributed by atoms with Crippen LogP contribution in [-0.4, -0.2) is 47.5 Å². The number of aromatic nitrogens is 2. The van der Waals surface area contributed by atoms with Gasteiger partial charge in [-0.2, -0.15) is 5.10 Å². The van der Waals surface area contributed by atoms with Gasteiger partial charge < -0.3 is 9.47 Å². The molecule has 3 rings (SSSR count). The smallest absolute Gasteiger partial charge is 0.126 e. The molecule has 0 radical (unpaired) electrons. The van der Waals surface area contributed by atoms with E-state index in [-0.39, 0.29) is 11.4 Å². The van der Waals surface area contributed by atoms with Gasteiger partial charge in [0, 0.05) is 44.1 Å². The van der Waals surface area contributed by atoms with Crippen molar-refractivity contribution < 1.29 is 13.9 Å². The van der Waals surface area contributed by atoms with Crippen LogP contribution in [0.4, 0.5) is 4.39 Å². The second-order valence-corrected chi connectivity index (χ2v) is 6.51. The van der Waals surface area contributed by atoms with Crippen LogP contribution in [-0.2, 0) is 11.3 Å². The van der Waals surface area contributed by atoms with Crippen LogP contribution in [0.3, 0.4) is 0 Å². The van der Waals surface area contributed by atoms with E-state index in [1.165, 1.54) is 17.7 Å². The lowest BCUT2D eigenvalue weighted by Gasteiger charge is -2.28. The van der Waals surface area contributed by atoms with Crippen molar-refractivity contribution in [3.8, 4) is 5.75 Å². The zero-order valence-corrected chi connectivity index (χ0v) is 14.4. The molecule has 24 heavy (non-hydrogen) atoms. The van der Waals surface area contributed by atoms with E-state index in [0.717, 1.165) is 37.4 Å². The number of rotatable bonds is 6. The quantitative estimate of drug-likeness (QED) is 0.883. The van der Waals surface area contributed by atoms with Gasteiger partial charge in [0.1, 0.15) is 23.8 Å². The van der Waals surface area contributed by atoms with Gasteiger partial charge in [-0.25, -0.2) is 4.39 Å². The molecule has 6 heteroatoms. The van der Waals surface area contributed by atoms with Gasteiger partial charge in [-0.1, -0.05) is 6.07 Å². The summed E-state index contributed by atoms with van der Waals surface area (Å²) in [7, 11) is 1.72. The Labute approximate surface area is 141 Å². The van der Waals surface area contributed by atoms with E-state index in [1.807, 2.05) is 13.8 Å². The summed E-state index contributed by atoms with van der Waals surface area (Å²) in [6.45, 7) is 7.03. The first kappa shape index (κ1) is 16.9. The highest BCUT2D eigenvalue weighted by molar-refractivity contribution is 5.24. The lowest BCUT2D eigenvalue weighted by atomic mass is 10.0. The number of hydrogen-bond acceptors (Lipinski definition) is 4. The molecular weight excluding hydrogens is 309 g/mol. The van der Waals surface area contributed by atoms with Crippen LogP contribution in [0.25, 0.3) is 0 Å². The van der Waals surface area contributed by atoms with Crippen molar-refractivity contribution in [3.63, 3.8) is 0 Å². The van der Waals surface area contributed by atoms with E-state index in [4.69, 9.17) is 9.47 Å². The third kappa shape index (κ3) is 3.60. The molecule has 1 fully saturated rings. The number of methoxy groups -OCH3 is 1. The van der Waals surface area contributed by atoms with E-state index in [0.29, 0.717) is 12.4 Å². The van der Waals surface area contributed by atoms with E-state index >= 15 is 0 Å². The van der Waals surface area contributed by atoms with Crippen LogP contribution in [0, 0.1) is 19.7 Å². The highest BCUT2D eigenvalue weighted by Crippen LogP contribution is 2.28. The van der Waals surface area contributed by atoms with Crippen LogP contribution < -0.4 is 4.74 Å². The van der Waals surface area contributed by atoms with Crippen LogP contribution in [0.2, 0.25) is 0 Å². The highest BCUT2D eigenvalue weighted by Gasteiger charge is 2.39. The monoisotopic (exact) mass is 333 g/mol. The molecule has 2 aromatic rings. The molecular formula is C18H24FN3O2. The fraction of sp³-hybridized carbons (Fsp3) is 0.500. The zero-order valence-electron chi connectivity index (χ0n) is 14.4. The lowest BCUT2D eigenvalue weighted by Crippen LogP contribution is -2.41. The van der Waals surface area contributed by atoms with Gasteiger partial charge in [0.05, 0.1) is 5.69 Å². The van der Waals surface area contributed by atoms with E-state index in [9.17, 15) is 4.39 Å². The number of aryl methyl sites for hydroxylation is 2. The number of likely N-dealkylation sites (tertiary alicyclic amines) is 1. The van der Waals surface area contributed by atoms with Crippen molar-refractivity contribution in [2.45, 2.75) is 32.4 Å². The van der Waals surface area contributed by atoms with Crippen molar-refractivity contribution in [2.24, 2.45) is 0 Å². The lowest BCUT2D eigenvalue weighted by molar-refractivity contribution is -0.0360. The number of aromatic amines is 1. The summed E-state index contributed by atoms with van der Waals surface area (Å²) in [4.78, 5) is 2.35. The number of halogens is 1. The Kier molecular flexibility index (Phi) is 4.87. The van der Waals surface area contributed by atoms with E-state index in [1.54, 1.807) is 19.2 Å². The van der Waals surface area contributed by atoms with E-state index < -0.39 is 0 Å². The molecule has 2 heterocycles. The Morgan fingerprint density at radius 2 is 2.21 bits per heavy atom. The molecule has 1 saturated heterocycles. The second kappa shape index (κ2) is 6.91. The van der Waals surface area contributed by atoms with Gasteiger partial charge >= 0.3 is 0 Å². The minimum Gasteiger partial charge on any atom is -0.490 e. The average molecular weight is 333 g/mol. The van der Waals surface area contributed by atoms with Crippen LogP contribution >= 0.6 is 0 Å². The minimum absolute atomic E-state index is 0.294. The number of nitrogens with zero attached hydrogens (tertiary/aromatic N) is 2. The maximum atomic E-state index is 13.3. The van der Waals surface area contributed by atoms with Crippen LogP contribution in [0.1, 0.15) is 23.4 Å². The number of hydrogen-bond donors (Lipinski definition) is 1. The summed E-state index contributed by atoms with van der Waals surface area (Å²) in [5, 5.41) is 7.29. The molecule has 1 aliphatic rings. The summed E-state index contributed by atoms with van der Waals surface area (Å²) in [5.41, 5.74) is 3.03. The second-order valence-electron chi connectivity index (χ2n) is 6.51. The SMILES string of the molecule is CO[C@@]1(COc2cccc(F)c2)CCN(Cc2c(C)n[nH]c2C)C1. The molecule has 0 amide bonds. The van der Waals surface area contributed by atoms with Crippen molar-refractivity contribution in [1.29, 1.82) is 0 Å². The molecule has 1 aliphatic heterocycles. The van der Waals surface area contributed by atoms with Crippen molar-refractivity contribution >= 4 is 0 Å². The normalized spacial score (nSPS) is 21.3. The molecule has 0 spiro atoms. The van der Waals surface area contributed by atoms with Crippen molar-refractivity contribution in [1.82, 2.24) is 15.1 Å². The maximum Gasteiger partial charge on any atom is 0.126 e. The molecule has 1 atom stereocenters. The summed E-state index contributed by atoms with van der Waals surface area (Å²) in [6, 6.07) is 6.22. The fourth-order valence-corrected chi connectivity index (χ4v) is 3.21. The molecule has 1 aromatic carbocycles. The summed E-state index contributed by atoms with van der Waals surface area (Å²) in [6.07, 6.45) is 0.884. The predicted molar refractivity (Wildman–Crippen MR) is 89.6 cm³/mol. The third-order valence-electron chi connectivity index (χ3n) is 4.79. The Hall–Kier alpha value is -1.92. The molecule has 0 bridgehead atoms. The third-order valence-corrected chi connectivity index (χ3v) is 4.79. The number of H-pyrrole nitrogens is 1. The van der Waals surface area contributed by atoms with Gasteiger partial charge in [0.15, 0.2) is 0 Å². The van der Waals surface area contributed by atoms with Gasteiger partial charge in [-0.15, -0.1) is 0 Å². The number of benzene rings is 1. The summed E-state index contributed by atoms with van der Waals surface area (Å²) in [5.74, 6) is 0.240. The van der Waals surface area contributed by atoms with Gasteiger partial charge in [-0.05, 0) is 32.4 Å². The first-order valence-electron chi connectivity index (χ1n) is 8.18. The first-order chi connectivity index (χ1) is 11.5. The van der Waals surface area contributed by atoms with Crippen molar-refractivity contribution in [2.75, 3.05) is 26.8 Å². The molecule has 0 aliphatic carbocycles. The van der Waals surface area contributed by atoms with Gasteiger partial charge in [0.2, 0.25) is 0 Å². The molecule has 130 valence electrons. The molecule has 1 aromatic heterocycles. The Morgan fingerprint density at radius 1 is 1.38 bits per heavy atom. The van der Waals surface area contributed by atoms with E-state index in [2.05, 4.69) is 15.1 Å². The minimum atomic E-state index is -0.363. The molecule has 0 unspecified atom stereocenters. The predicted octanol–water partition coefficient (Wildman–Crippen LogP) is 2.84. The summed E-state index contributed by atoms with van der Waals surface area (Å²) < 4.78 is 24.8. The zero-order chi connectivity index (χ0) is 17.2. The van der Waals surface area contributed by atoms with Crippen molar-refractivity contribution in [3.05, 3.63) is 47.0 Å². The maximum absolute atomic E-state index is 13.3.